The van der Waals surface area contributed by atoms with Gasteiger partial charge in [-0.15, -0.1) is 0 Å². The number of carbonyl (C=O) groups excluding carboxylic acids is 1. The van der Waals surface area contributed by atoms with Crippen molar-refractivity contribution in [3.05, 3.63) is 30.1 Å². The Morgan fingerprint density at radius 2 is 2.04 bits per heavy atom. The molecule has 0 bridgehead atoms. The second-order valence-corrected chi connectivity index (χ2v) is 9.96. The molecular weight excluding hydrogens is 378 g/mol. The summed E-state index contributed by atoms with van der Waals surface area (Å²) >= 11 is 0. The molecule has 0 radical (unpaired) electrons. The number of aromatic nitrogens is 2. The van der Waals surface area contributed by atoms with E-state index in [0.29, 0.717) is 36.5 Å². The van der Waals surface area contributed by atoms with Gasteiger partial charge in [-0.3, -0.25) is 4.79 Å². The van der Waals surface area contributed by atoms with Crippen LogP contribution in [0.5, 0.6) is 0 Å². The molecule has 7 nitrogen and oxygen atoms in total. The lowest BCUT2D eigenvalue weighted by atomic mass is 10.0. The number of nitrogens with zero attached hydrogens (tertiary/aromatic N) is 3. The van der Waals surface area contributed by atoms with E-state index in [4.69, 9.17) is 0 Å². The third kappa shape index (κ3) is 5.78. The highest BCUT2D eigenvalue weighted by molar-refractivity contribution is 7.90. The zero-order valence-electron chi connectivity index (χ0n) is 17.1. The quantitative estimate of drug-likeness (QED) is 0.650. The fourth-order valence-corrected chi connectivity index (χ4v) is 3.85. The molecule has 0 aliphatic rings. The highest BCUT2D eigenvalue weighted by atomic mass is 32.2. The molecule has 2 rings (SSSR count). The monoisotopic (exact) mass is 409 g/mol. The van der Waals surface area contributed by atoms with Crippen LogP contribution in [-0.4, -0.2) is 65.1 Å². The lowest BCUT2D eigenvalue weighted by Crippen LogP contribution is -2.42. The minimum absolute atomic E-state index is 0.0112. The molecule has 0 saturated heterocycles. The smallest absolute Gasteiger partial charge is 0.254 e. The number of aliphatic hydroxyl groups excluding tert-OH is 1. The molecule has 1 atom stereocenters. The van der Waals surface area contributed by atoms with Gasteiger partial charge in [-0.2, -0.15) is 0 Å². The summed E-state index contributed by atoms with van der Waals surface area (Å²) in [6.45, 7) is 7.16. The maximum absolute atomic E-state index is 13.2. The number of imidazole rings is 1. The second kappa shape index (κ2) is 9.52. The summed E-state index contributed by atoms with van der Waals surface area (Å²) in [6.07, 6.45) is 4.15. The Labute approximate surface area is 167 Å². The van der Waals surface area contributed by atoms with E-state index in [2.05, 4.69) is 18.8 Å². The van der Waals surface area contributed by atoms with Crippen LogP contribution in [0.4, 0.5) is 0 Å². The number of benzene rings is 1. The number of fused-ring (bicyclic) bond motifs is 1. The van der Waals surface area contributed by atoms with Gasteiger partial charge in [0.05, 0.1) is 23.1 Å². The first-order chi connectivity index (χ1) is 13.2. The van der Waals surface area contributed by atoms with E-state index in [9.17, 15) is 18.3 Å². The van der Waals surface area contributed by atoms with E-state index in [1.165, 1.54) is 6.26 Å². The van der Waals surface area contributed by atoms with Crippen LogP contribution in [0.2, 0.25) is 0 Å². The molecule has 0 aliphatic heterocycles. The maximum atomic E-state index is 13.2. The number of hydrogen-bond acceptors (Lipinski definition) is 5. The molecule has 28 heavy (non-hydrogen) atoms. The third-order valence-corrected chi connectivity index (χ3v) is 5.69. The Kier molecular flexibility index (Phi) is 7.60. The topological polar surface area (TPSA) is 92.5 Å². The summed E-state index contributed by atoms with van der Waals surface area (Å²) in [5, 5.41) is 9.36. The van der Waals surface area contributed by atoms with Crippen LogP contribution >= 0.6 is 0 Å². The minimum atomic E-state index is -3.06. The number of rotatable bonds is 10. The Hall–Kier alpha value is -1.93. The Morgan fingerprint density at radius 3 is 2.61 bits per heavy atom. The number of aliphatic hydroxyl groups is 1. The predicted octanol–water partition coefficient (Wildman–Crippen LogP) is 2.34. The number of carbonyl (C=O) groups is 1. The van der Waals surface area contributed by atoms with Gasteiger partial charge < -0.3 is 14.6 Å². The highest BCUT2D eigenvalue weighted by Crippen LogP contribution is 2.20. The van der Waals surface area contributed by atoms with Crippen LogP contribution in [0, 0.1) is 5.92 Å². The average Bonchev–Trinajstić information content (AvgIpc) is 3.03. The Balaban J connectivity index is 2.30. The van der Waals surface area contributed by atoms with E-state index in [-0.39, 0.29) is 24.3 Å². The van der Waals surface area contributed by atoms with Crippen molar-refractivity contribution in [3.8, 4) is 0 Å². The minimum Gasteiger partial charge on any atom is -0.396 e. The van der Waals surface area contributed by atoms with Crippen molar-refractivity contribution in [2.75, 3.05) is 25.2 Å². The van der Waals surface area contributed by atoms with E-state index in [1.807, 2.05) is 17.9 Å². The van der Waals surface area contributed by atoms with Crippen LogP contribution in [0.1, 0.15) is 44.0 Å². The summed E-state index contributed by atoms with van der Waals surface area (Å²) in [5.41, 5.74) is 2.02. The SMILES string of the molecule is CCC(CCO)N(CC(C)C)C(=O)c1ccc2c(c1)ncn2CCS(C)(=O)=O. The normalized spacial score (nSPS) is 13.2. The third-order valence-electron chi connectivity index (χ3n) is 4.77. The fourth-order valence-electron chi connectivity index (χ4n) is 3.33. The van der Waals surface area contributed by atoms with Crippen molar-refractivity contribution >= 4 is 26.8 Å². The molecule has 8 heteroatoms. The lowest BCUT2D eigenvalue weighted by molar-refractivity contribution is 0.0613. The molecule has 0 spiro atoms. The summed E-state index contributed by atoms with van der Waals surface area (Å²) < 4.78 is 24.6. The summed E-state index contributed by atoms with van der Waals surface area (Å²) in [4.78, 5) is 19.4. The van der Waals surface area contributed by atoms with Crippen LogP contribution < -0.4 is 0 Å². The molecule has 1 N–H and O–H groups in total. The van der Waals surface area contributed by atoms with Gasteiger partial charge in [-0.1, -0.05) is 20.8 Å². The van der Waals surface area contributed by atoms with Crippen LogP contribution in [-0.2, 0) is 16.4 Å². The van der Waals surface area contributed by atoms with Gasteiger partial charge in [0.15, 0.2) is 0 Å². The molecule has 0 aliphatic carbocycles. The van der Waals surface area contributed by atoms with E-state index in [0.717, 1.165) is 11.9 Å². The zero-order chi connectivity index (χ0) is 20.9. The molecule has 2 aromatic rings. The Morgan fingerprint density at radius 1 is 1.32 bits per heavy atom. The van der Waals surface area contributed by atoms with Gasteiger partial charge in [0, 0.05) is 37.6 Å². The molecule has 156 valence electrons. The second-order valence-electron chi connectivity index (χ2n) is 7.70. The maximum Gasteiger partial charge on any atom is 0.254 e. The number of hydrogen-bond donors (Lipinski definition) is 1. The first-order valence-electron chi connectivity index (χ1n) is 9.70. The van der Waals surface area contributed by atoms with Gasteiger partial charge in [-0.25, -0.2) is 13.4 Å². The summed E-state index contributed by atoms with van der Waals surface area (Å²) in [5.74, 6) is 0.290. The Bertz CT molecular complexity index is 905. The van der Waals surface area contributed by atoms with Gasteiger partial charge in [0.2, 0.25) is 0 Å². The van der Waals surface area contributed by atoms with Crippen molar-refractivity contribution in [1.82, 2.24) is 14.5 Å². The summed E-state index contributed by atoms with van der Waals surface area (Å²) in [7, 11) is -3.06. The van der Waals surface area contributed by atoms with Crippen molar-refractivity contribution < 1.29 is 18.3 Å². The lowest BCUT2D eigenvalue weighted by Gasteiger charge is -2.32. The standard InChI is InChI=1S/C20H31N3O4S/c1-5-17(8-10-24)23(13-15(2)3)20(25)16-6-7-19-18(12-16)21-14-22(19)9-11-28(4,26)27/h6-7,12,14-15,17,24H,5,8-11,13H2,1-4H3. The predicted molar refractivity (Wildman–Crippen MR) is 111 cm³/mol. The van der Waals surface area contributed by atoms with Crippen LogP contribution in [0.3, 0.4) is 0 Å². The highest BCUT2D eigenvalue weighted by Gasteiger charge is 2.24. The van der Waals surface area contributed by atoms with Crippen molar-refractivity contribution in [2.45, 2.75) is 46.2 Å². The van der Waals surface area contributed by atoms with Crippen molar-refractivity contribution in [3.63, 3.8) is 0 Å². The van der Waals surface area contributed by atoms with Crippen LogP contribution in [0.15, 0.2) is 24.5 Å². The van der Waals surface area contributed by atoms with Gasteiger partial charge in [-0.05, 0) is 37.0 Å². The number of sulfone groups is 1. The molecule has 1 aromatic heterocycles. The number of amides is 1. The fraction of sp³-hybridized carbons (Fsp3) is 0.600. The molecule has 0 fully saturated rings. The molecule has 1 amide bonds. The summed E-state index contributed by atoms with van der Waals surface area (Å²) in [6, 6.07) is 5.33. The largest absolute Gasteiger partial charge is 0.396 e. The van der Waals surface area contributed by atoms with E-state index >= 15 is 0 Å². The van der Waals surface area contributed by atoms with E-state index < -0.39 is 9.84 Å². The zero-order valence-corrected chi connectivity index (χ0v) is 17.9. The molecule has 0 saturated carbocycles. The van der Waals surface area contributed by atoms with Gasteiger partial charge in [0.25, 0.3) is 5.91 Å². The average molecular weight is 410 g/mol. The molecule has 1 heterocycles. The van der Waals surface area contributed by atoms with Crippen LogP contribution in [0.25, 0.3) is 11.0 Å². The van der Waals surface area contributed by atoms with Gasteiger partial charge in [0.1, 0.15) is 9.84 Å². The van der Waals surface area contributed by atoms with Gasteiger partial charge >= 0.3 is 0 Å². The molecule has 1 unspecified atom stereocenters. The van der Waals surface area contributed by atoms with Crippen molar-refractivity contribution in [2.24, 2.45) is 5.92 Å². The number of aryl methyl sites for hydroxylation is 1. The molecular formula is C20H31N3O4S. The molecule has 1 aromatic carbocycles. The first kappa shape index (κ1) is 22.4. The van der Waals surface area contributed by atoms with Crippen molar-refractivity contribution in [1.29, 1.82) is 0 Å². The van der Waals surface area contributed by atoms with E-state index in [1.54, 1.807) is 23.0 Å². The first-order valence-corrected chi connectivity index (χ1v) is 11.8.